The first kappa shape index (κ1) is 13.6. The van der Waals surface area contributed by atoms with Gasteiger partial charge in [0.2, 0.25) is 0 Å². The largest absolute Gasteiger partial charge is 0.330 e. The molecular weight excluding hydrogens is 252 g/mol. The first-order valence-electron chi connectivity index (χ1n) is 7.53. The number of fused-ring (bicyclic) bond motifs is 1. The van der Waals surface area contributed by atoms with Gasteiger partial charge < -0.3 is 14.4 Å². The van der Waals surface area contributed by atoms with Gasteiger partial charge in [-0.2, -0.15) is 0 Å². The van der Waals surface area contributed by atoms with Crippen molar-refractivity contribution in [1.29, 1.82) is 0 Å². The van der Waals surface area contributed by atoms with Crippen LogP contribution in [-0.2, 0) is 7.05 Å². The minimum absolute atomic E-state index is 0.0473. The molecule has 5 nitrogen and oxygen atoms in total. The predicted molar refractivity (Wildman–Crippen MR) is 77.5 cm³/mol. The average Bonchev–Trinajstić information content (AvgIpc) is 2.83. The van der Waals surface area contributed by atoms with Crippen LogP contribution in [0.15, 0.2) is 12.4 Å². The van der Waals surface area contributed by atoms with Crippen LogP contribution in [0.25, 0.3) is 0 Å². The summed E-state index contributed by atoms with van der Waals surface area (Å²) in [5.41, 5.74) is -0.0473. The van der Waals surface area contributed by atoms with E-state index in [1.165, 1.54) is 6.42 Å². The van der Waals surface area contributed by atoms with Crippen molar-refractivity contribution in [3.05, 3.63) is 18.2 Å². The molecule has 0 aliphatic carbocycles. The lowest BCUT2D eigenvalue weighted by atomic mass is 9.76. The molecule has 0 N–H and O–H groups in total. The van der Waals surface area contributed by atoms with Gasteiger partial charge in [-0.25, -0.2) is 4.98 Å². The third kappa shape index (κ3) is 1.95. The van der Waals surface area contributed by atoms with Gasteiger partial charge in [0.1, 0.15) is 0 Å². The number of piperidine rings is 2. The Hall–Kier alpha value is -1.36. The lowest BCUT2D eigenvalue weighted by Crippen LogP contribution is -2.66. The van der Waals surface area contributed by atoms with Crippen molar-refractivity contribution in [3.8, 4) is 0 Å². The van der Waals surface area contributed by atoms with Crippen molar-refractivity contribution >= 4 is 5.91 Å². The van der Waals surface area contributed by atoms with E-state index in [0.717, 1.165) is 32.4 Å². The molecule has 2 fully saturated rings. The van der Waals surface area contributed by atoms with Gasteiger partial charge >= 0.3 is 0 Å². The van der Waals surface area contributed by atoms with Crippen molar-refractivity contribution in [1.82, 2.24) is 19.4 Å². The number of imidazole rings is 1. The summed E-state index contributed by atoms with van der Waals surface area (Å²) in [6, 6.07) is 0.481. The molecule has 3 heterocycles. The maximum Gasteiger partial charge on any atom is 0.290 e. The molecule has 1 amide bonds. The first-order chi connectivity index (χ1) is 9.54. The lowest BCUT2D eigenvalue weighted by Gasteiger charge is -2.55. The molecule has 2 atom stereocenters. The maximum atomic E-state index is 12.9. The van der Waals surface area contributed by atoms with Crippen LogP contribution < -0.4 is 0 Å². The van der Waals surface area contributed by atoms with Crippen LogP contribution in [-0.4, -0.2) is 57.0 Å². The first-order valence-corrected chi connectivity index (χ1v) is 7.53. The number of hydrogen-bond acceptors (Lipinski definition) is 3. The third-order valence-corrected chi connectivity index (χ3v) is 5.18. The fraction of sp³-hybridized carbons (Fsp3) is 0.733. The fourth-order valence-electron chi connectivity index (χ4n) is 4.05. The summed E-state index contributed by atoms with van der Waals surface area (Å²) in [5, 5.41) is 0. The van der Waals surface area contributed by atoms with Crippen molar-refractivity contribution in [2.45, 2.75) is 44.2 Å². The molecule has 1 aromatic heterocycles. The Labute approximate surface area is 120 Å². The molecule has 0 aromatic carbocycles. The minimum atomic E-state index is -0.0473. The van der Waals surface area contributed by atoms with Crippen molar-refractivity contribution in [3.63, 3.8) is 0 Å². The number of nitrogens with zero attached hydrogens (tertiary/aromatic N) is 4. The highest BCUT2D eigenvalue weighted by atomic mass is 16.2. The molecule has 0 bridgehead atoms. The number of aryl methyl sites for hydroxylation is 1. The van der Waals surface area contributed by atoms with Crippen LogP contribution >= 0.6 is 0 Å². The number of rotatable bonds is 1. The molecule has 0 saturated carbocycles. The Bertz CT molecular complexity index is 512. The summed E-state index contributed by atoms with van der Waals surface area (Å²) in [7, 11) is 4.08. The molecule has 2 aliphatic rings. The second-order valence-corrected chi connectivity index (χ2v) is 6.42. The molecule has 1 aromatic rings. The van der Waals surface area contributed by atoms with Gasteiger partial charge in [-0.3, -0.25) is 4.79 Å². The Kier molecular flexibility index (Phi) is 3.32. The highest BCUT2D eigenvalue weighted by Crippen LogP contribution is 2.38. The van der Waals surface area contributed by atoms with E-state index in [9.17, 15) is 4.79 Å². The Morgan fingerprint density at radius 1 is 1.35 bits per heavy atom. The topological polar surface area (TPSA) is 41.4 Å². The molecular formula is C15H24N4O. The van der Waals surface area contributed by atoms with Gasteiger partial charge in [0.25, 0.3) is 5.91 Å². The summed E-state index contributed by atoms with van der Waals surface area (Å²) in [6.45, 7) is 4.25. The van der Waals surface area contributed by atoms with E-state index in [4.69, 9.17) is 0 Å². The Morgan fingerprint density at radius 2 is 2.15 bits per heavy atom. The smallest absolute Gasteiger partial charge is 0.290 e. The normalized spacial score (nSPS) is 31.1. The third-order valence-electron chi connectivity index (χ3n) is 5.18. The number of carbonyl (C=O) groups is 1. The molecule has 3 rings (SSSR count). The van der Waals surface area contributed by atoms with E-state index in [-0.39, 0.29) is 11.4 Å². The Balaban J connectivity index is 1.92. The number of likely N-dealkylation sites (N-methyl/N-ethyl adjacent to an activating group) is 1. The molecule has 0 spiro atoms. The van der Waals surface area contributed by atoms with Gasteiger partial charge in [-0.05, 0) is 46.2 Å². The SMILES string of the molecule is CN1CCC[C@@]2(C)[C@@H]1CCCN2C(=O)c1nccn1C. The molecule has 0 unspecified atom stereocenters. The quantitative estimate of drug-likeness (QED) is 0.781. The fourth-order valence-corrected chi connectivity index (χ4v) is 4.05. The molecule has 110 valence electrons. The van der Waals surface area contributed by atoms with Gasteiger partial charge in [-0.1, -0.05) is 0 Å². The zero-order chi connectivity index (χ0) is 14.3. The van der Waals surface area contributed by atoms with Crippen LogP contribution in [0, 0.1) is 0 Å². The average molecular weight is 276 g/mol. The van der Waals surface area contributed by atoms with Gasteiger partial charge in [0.15, 0.2) is 5.82 Å². The van der Waals surface area contributed by atoms with E-state index in [1.807, 2.05) is 17.8 Å². The summed E-state index contributed by atoms with van der Waals surface area (Å²) < 4.78 is 1.82. The predicted octanol–water partition coefficient (Wildman–Crippen LogP) is 1.51. The molecule has 2 saturated heterocycles. The summed E-state index contributed by atoms with van der Waals surface area (Å²) in [4.78, 5) is 21.6. The number of hydrogen-bond donors (Lipinski definition) is 0. The van der Waals surface area contributed by atoms with E-state index in [1.54, 1.807) is 6.20 Å². The van der Waals surface area contributed by atoms with Gasteiger partial charge in [0, 0.05) is 32.0 Å². The van der Waals surface area contributed by atoms with Crippen molar-refractivity contribution < 1.29 is 4.79 Å². The molecule has 5 heteroatoms. The number of amides is 1. The van der Waals surface area contributed by atoms with Crippen LogP contribution in [0.3, 0.4) is 0 Å². The Morgan fingerprint density at radius 3 is 2.85 bits per heavy atom. The summed E-state index contributed by atoms with van der Waals surface area (Å²) >= 11 is 0. The van der Waals surface area contributed by atoms with Gasteiger partial charge in [0.05, 0.1) is 5.54 Å². The summed E-state index contributed by atoms with van der Waals surface area (Å²) in [6.07, 6.45) is 8.07. The molecule has 2 aliphatic heterocycles. The zero-order valence-corrected chi connectivity index (χ0v) is 12.7. The number of carbonyl (C=O) groups excluding carboxylic acids is 1. The van der Waals surface area contributed by atoms with E-state index in [0.29, 0.717) is 11.9 Å². The monoisotopic (exact) mass is 276 g/mol. The van der Waals surface area contributed by atoms with Crippen molar-refractivity contribution in [2.75, 3.05) is 20.1 Å². The number of aromatic nitrogens is 2. The van der Waals surface area contributed by atoms with E-state index < -0.39 is 0 Å². The van der Waals surface area contributed by atoms with Crippen LogP contribution in [0.4, 0.5) is 0 Å². The highest BCUT2D eigenvalue weighted by molar-refractivity contribution is 5.91. The van der Waals surface area contributed by atoms with Crippen LogP contribution in [0.5, 0.6) is 0 Å². The number of likely N-dealkylation sites (tertiary alicyclic amines) is 2. The van der Waals surface area contributed by atoms with Crippen LogP contribution in [0.1, 0.15) is 43.2 Å². The lowest BCUT2D eigenvalue weighted by molar-refractivity contribution is -0.0353. The molecule has 0 radical (unpaired) electrons. The van der Waals surface area contributed by atoms with E-state index in [2.05, 4.69) is 28.8 Å². The van der Waals surface area contributed by atoms with Gasteiger partial charge in [-0.15, -0.1) is 0 Å². The summed E-state index contributed by atoms with van der Waals surface area (Å²) in [5.74, 6) is 0.639. The highest BCUT2D eigenvalue weighted by Gasteiger charge is 2.48. The van der Waals surface area contributed by atoms with Crippen molar-refractivity contribution in [2.24, 2.45) is 7.05 Å². The second kappa shape index (κ2) is 4.88. The molecule has 20 heavy (non-hydrogen) atoms. The standard InChI is InChI=1S/C15H24N4O/c1-15-7-5-9-17(2)12(15)6-4-10-19(15)14(20)13-16-8-11-18(13)3/h8,11-12H,4-7,9-10H2,1-3H3/t12-,15-/m0/s1. The van der Waals surface area contributed by atoms with Crippen LogP contribution in [0.2, 0.25) is 0 Å². The maximum absolute atomic E-state index is 12.9. The zero-order valence-electron chi connectivity index (χ0n) is 12.7. The minimum Gasteiger partial charge on any atom is -0.330 e. The van der Waals surface area contributed by atoms with E-state index >= 15 is 0 Å². The second-order valence-electron chi connectivity index (χ2n) is 6.42.